The van der Waals surface area contributed by atoms with Crippen LogP contribution in [0.2, 0.25) is 0 Å². The molecule has 4 nitrogen and oxygen atoms in total. The van der Waals surface area contributed by atoms with Crippen molar-refractivity contribution in [2.45, 2.75) is 19.3 Å². The van der Waals surface area contributed by atoms with E-state index in [1.165, 1.54) is 0 Å². The summed E-state index contributed by atoms with van der Waals surface area (Å²) in [4.78, 5) is 12.8. The zero-order chi connectivity index (χ0) is 16.7. The summed E-state index contributed by atoms with van der Waals surface area (Å²) in [5.41, 5.74) is 1.29. The van der Waals surface area contributed by atoms with Gasteiger partial charge in [-0.25, -0.2) is 0 Å². The zero-order valence-electron chi connectivity index (χ0n) is 13.5. The van der Waals surface area contributed by atoms with Crippen LogP contribution in [0.3, 0.4) is 0 Å². The number of benzene rings is 2. The first-order valence-electron chi connectivity index (χ1n) is 7.95. The van der Waals surface area contributed by atoms with E-state index in [9.17, 15) is 4.79 Å². The second kappa shape index (κ2) is 5.41. The predicted molar refractivity (Wildman–Crippen MR) is 89.4 cm³/mol. The maximum atomic E-state index is 12.8. The van der Waals surface area contributed by atoms with Crippen molar-refractivity contribution >= 4 is 5.97 Å². The van der Waals surface area contributed by atoms with Crippen molar-refractivity contribution in [3.05, 3.63) is 66.2 Å². The van der Waals surface area contributed by atoms with Gasteiger partial charge in [-0.2, -0.15) is 0 Å². The molecule has 0 spiro atoms. The number of allylic oxidation sites excluding steroid dienone is 1. The van der Waals surface area contributed by atoms with Crippen molar-refractivity contribution in [2.24, 2.45) is 5.41 Å². The largest absolute Gasteiger partial charge is 0.454 e. The highest BCUT2D eigenvalue weighted by Gasteiger charge is 2.48. The minimum atomic E-state index is -0.718. The highest BCUT2D eigenvalue weighted by Crippen LogP contribution is 2.53. The molecule has 0 saturated carbocycles. The Bertz CT molecular complexity index is 812. The Kier molecular flexibility index (Phi) is 3.34. The van der Waals surface area contributed by atoms with E-state index in [1.807, 2.05) is 43.3 Å². The van der Waals surface area contributed by atoms with Crippen LogP contribution < -0.4 is 14.2 Å². The van der Waals surface area contributed by atoms with Gasteiger partial charge in [0.15, 0.2) is 11.5 Å². The number of carbonyl (C=O) groups excluding carboxylic acids is 1. The predicted octanol–water partition coefficient (Wildman–Crippen LogP) is 4.05. The first kappa shape index (κ1) is 14.8. The van der Waals surface area contributed by atoms with E-state index in [4.69, 9.17) is 14.2 Å². The van der Waals surface area contributed by atoms with Gasteiger partial charge in [-0.1, -0.05) is 36.4 Å². The second-order valence-electron chi connectivity index (χ2n) is 6.39. The Morgan fingerprint density at radius 2 is 1.88 bits per heavy atom. The molecular weight excluding hydrogens is 304 g/mol. The summed E-state index contributed by atoms with van der Waals surface area (Å²) in [5.74, 6) is 1.46. The highest BCUT2D eigenvalue weighted by molar-refractivity contribution is 5.84. The Morgan fingerprint density at radius 3 is 2.58 bits per heavy atom. The lowest BCUT2D eigenvalue weighted by Gasteiger charge is -2.40. The molecule has 2 heterocycles. The van der Waals surface area contributed by atoms with Gasteiger partial charge in [-0.3, -0.25) is 4.79 Å². The molecule has 0 aliphatic carbocycles. The molecule has 2 aromatic rings. The monoisotopic (exact) mass is 322 g/mol. The van der Waals surface area contributed by atoms with Crippen LogP contribution >= 0.6 is 0 Å². The SMILES string of the molecule is C=CC[C@@]1(C)C(=O)Oc2cc3c(cc2[C@@H]1c1ccccc1)OCO3. The fraction of sp³-hybridized carbons (Fsp3) is 0.250. The third-order valence-corrected chi connectivity index (χ3v) is 4.82. The lowest BCUT2D eigenvalue weighted by atomic mass is 9.66. The van der Waals surface area contributed by atoms with E-state index in [-0.39, 0.29) is 18.7 Å². The number of hydrogen-bond donors (Lipinski definition) is 0. The Hall–Kier alpha value is -2.75. The summed E-state index contributed by atoms with van der Waals surface area (Å²) < 4.78 is 16.6. The fourth-order valence-electron chi connectivity index (χ4n) is 3.62. The van der Waals surface area contributed by atoms with Gasteiger partial charge in [0.05, 0.1) is 5.41 Å². The molecule has 2 atom stereocenters. The van der Waals surface area contributed by atoms with Crippen molar-refractivity contribution in [1.82, 2.24) is 0 Å². The van der Waals surface area contributed by atoms with Gasteiger partial charge < -0.3 is 14.2 Å². The summed E-state index contributed by atoms with van der Waals surface area (Å²) in [6.45, 7) is 5.94. The van der Waals surface area contributed by atoms with Crippen molar-refractivity contribution in [3.8, 4) is 17.2 Å². The minimum absolute atomic E-state index is 0.137. The molecule has 24 heavy (non-hydrogen) atoms. The second-order valence-corrected chi connectivity index (χ2v) is 6.39. The lowest BCUT2D eigenvalue weighted by molar-refractivity contribution is -0.147. The molecular formula is C20H18O4. The van der Waals surface area contributed by atoms with E-state index in [0.717, 1.165) is 11.1 Å². The number of carbonyl (C=O) groups is 1. The molecule has 2 aromatic carbocycles. The van der Waals surface area contributed by atoms with E-state index in [1.54, 1.807) is 12.1 Å². The molecule has 4 rings (SSSR count). The number of hydrogen-bond acceptors (Lipinski definition) is 4. The number of ether oxygens (including phenoxy) is 3. The molecule has 0 fully saturated rings. The molecule has 0 amide bonds. The van der Waals surface area contributed by atoms with Crippen LogP contribution in [-0.4, -0.2) is 12.8 Å². The number of fused-ring (bicyclic) bond motifs is 2. The Labute approximate surface area is 140 Å². The summed E-state index contributed by atoms with van der Waals surface area (Å²) in [5, 5.41) is 0. The van der Waals surface area contributed by atoms with Crippen molar-refractivity contribution in [2.75, 3.05) is 6.79 Å². The van der Waals surface area contributed by atoms with Crippen LogP contribution in [0.1, 0.15) is 30.4 Å². The smallest absolute Gasteiger partial charge is 0.318 e. The molecule has 2 aliphatic heterocycles. The molecule has 0 radical (unpaired) electrons. The van der Waals surface area contributed by atoms with Crippen molar-refractivity contribution in [1.29, 1.82) is 0 Å². The molecule has 122 valence electrons. The average Bonchev–Trinajstić information content (AvgIpc) is 3.03. The summed E-state index contributed by atoms with van der Waals surface area (Å²) in [6, 6.07) is 13.7. The molecule has 0 aromatic heterocycles. The van der Waals surface area contributed by atoms with Crippen LogP contribution in [0, 0.1) is 5.41 Å². The van der Waals surface area contributed by atoms with Gasteiger partial charge in [-0.15, -0.1) is 6.58 Å². The first-order chi connectivity index (χ1) is 11.6. The van der Waals surface area contributed by atoms with Gasteiger partial charge in [0, 0.05) is 17.5 Å². The number of rotatable bonds is 3. The summed E-state index contributed by atoms with van der Waals surface area (Å²) in [7, 11) is 0. The normalized spacial score (nSPS) is 24.2. The van der Waals surface area contributed by atoms with Crippen LogP contribution in [0.15, 0.2) is 55.1 Å². The minimum Gasteiger partial charge on any atom is -0.454 e. The lowest BCUT2D eigenvalue weighted by Crippen LogP contribution is -2.41. The zero-order valence-corrected chi connectivity index (χ0v) is 13.5. The van der Waals surface area contributed by atoms with Crippen molar-refractivity contribution in [3.63, 3.8) is 0 Å². The Morgan fingerprint density at radius 1 is 1.17 bits per heavy atom. The van der Waals surface area contributed by atoms with Crippen LogP contribution in [0.25, 0.3) is 0 Å². The molecule has 0 saturated heterocycles. The fourth-order valence-corrected chi connectivity index (χ4v) is 3.62. The van der Waals surface area contributed by atoms with E-state index in [0.29, 0.717) is 23.7 Å². The van der Waals surface area contributed by atoms with E-state index < -0.39 is 5.41 Å². The first-order valence-corrected chi connectivity index (χ1v) is 7.95. The van der Waals surface area contributed by atoms with E-state index in [2.05, 4.69) is 6.58 Å². The maximum Gasteiger partial charge on any atom is 0.318 e. The molecule has 0 N–H and O–H groups in total. The molecule has 0 bridgehead atoms. The topological polar surface area (TPSA) is 44.8 Å². The average molecular weight is 322 g/mol. The van der Waals surface area contributed by atoms with E-state index >= 15 is 0 Å². The van der Waals surface area contributed by atoms with Gasteiger partial charge in [0.1, 0.15) is 5.75 Å². The summed E-state index contributed by atoms with van der Waals surface area (Å²) in [6.07, 6.45) is 2.30. The maximum absolute atomic E-state index is 12.8. The van der Waals surface area contributed by atoms with Crippen LogP contribution in [-0.2, 0) is 4.79 Å². The Balaban J connectivity index is 1.94. The quantitative estimate of drug-likeness (QED) is 0.486. The third kappa shape index (κ3) is 2.10. The summed E-state index contributed by atoms with van der Waals surface area (Å²) >= 11 is 0. The van der Waals surface area contributed by atoms with Gasteiger partial charge in [0.25, 0.3) is 0 Å². The molecule has 4 heteroatoms. The highest BCUT2D eigenvalue weighted by atomic mass is 16.7. The molecule has 2 aliphatic rings. The standard InChI is InChI=1S/C20H18O4/c1-3-9-20(2)18(13-7-5-4-6-8-13)14-10-16-17(23-12-22-16)11-15(14)24-19(20)21/h3-8,10-11,18H,1,9,12H2,2H3/t18-,20+/m0/s1. The van der Waals surface area contributed by atoms with Crippen LogP contribution in [0.5, 0.6) is 17.2 Å². The molecule has 0 unspecified atom stereocenters. The third-order valence-electron chi connectivity index (χ3n) is 4.82. The van der Waals surface area contributed by atoms with Gasteiger partial charge in [-0.05, 0) is 25.0 Å². The number of esters is 1. The van der Waals surface area contributed by atoms with Gasteiger partial charge >= 0.3 is 5.97 Å². The van der Waals surface area contributed by atoms with Crippen molar-refractivity contribution < 1.29 is 19.0 Å². The van der Waals surface area contributed by atoms with Gasteiger partial charge in [0.2, 0.25) is 6.79 Å². The van der Waals surface area contributed by atoms with Crippen LogP contribution in [0.4, 0.5) is 0 Å².